The van der Waals surface area contributed by atoms with Gasteiger partial charge >= 0.3 is 6.18 Å². The van der Waals surface area contributed by atoms with Gasteiger partial charge in [-0.15, -0.1) is 0 Å². The lowest BCUT2D eigenvalue weighted by atomic mass is 10.1. The van der Waals surface area contributed by atoms with Crippen LogP contribution in [0.25, 0.3) is 0 Å². The third-order valence-electron chi connectivity index (χ3n) is 2.11. The van der Waals surface area contributed by atoms with Crippen LogP contribution in [0.5, 0.6) is 0 Å². The van der Waals surface area contributed by atoms with Crippen LogP contribution in [-0.2, 0) is 0 Å². The number of allylic oxidation sites excluding steroid dienone is 2. The molecule has 0 atom stereocenters. The van der Waals surface area contributed by atoms with Crippen LogP contribution in [0.4, 0.5) is 13.2 Å². The molecule has 0 aromatic rings. The lowest BCUT2D eigenvalue weighted by Gasteiger charge is -2.11. The lowest BCUT2D eigenvalue weighted by molar-refractivity contribution is -0.0944. The van der Waals surface area contributed by atoms with Gasteiger partial charge in [-0.3, -0.25) is 0 Å². The summed E-state index contributed by atoms with van der Waals surface area (Å²) in [4.78, 5) is 0. The topological polar surface area (TPSA) is 0 Å². The van der Waals surface area contributed by atoms with Crippen molar-refractivity contribution in [2.45, 2.75) is 58.5 Å². The summed E-state index contributed by atoms with van der Waals surface area (Å²) in [6.45, 7) is 3.88. The molecule has 0 unspecified atom stereocenters. The Balaban J connectivity index is 4.16. The number of halogens is 3. The molecule has 0 amide bonds. The average Bonchev–Trinajstić information content (AvgIpc) is 2.09. The molecule has 0 aromatic heterocycles. The van der Waals surface area contributed by atoms with Gasteiger partial charge in [0.05, 0.1) is 0 Å². The first kappa shape index (κ1) is 13.5. The van der Waals surface area contributed by atoms with E-state index in [0.29, 0.717) is 12.8 Å². The van der Waals surface area contributed by atoms with E-state index >= 15 is 0 Å². The minimum atomic E-state index is -4.12. The molecule has 0 spiro atoms. The highest BCUT2D eigenvalue weighted by Crippen LogP contribution is 2.30. The first-order chi connectivity index (χ1) is 6.52. The summed E-state index contributed by atoms with van der Waals surface area (Å²) in [5.41, 5.74) is -0.340. The summed E-state index contributed by atoms with van der Waals surface area (Å²) in [6, 6.07) is 0. The van der Waals surface area contributed by atoms with Gasteiger partial charge in [-0.25, -0.2) is 0 Å². The highest BCUT2D eigenvalue weighted by Gasteiger charge is 2.32. The van der Waals surface area contributed by atoms with Crippen molar-refractivity contribution in [1.82, 2.24) is 0 Å². The van der Waals surface area contributed by atoms with Crippen molar-refractivity contribution in [3.63, 3.8) is 0 Å². The normalized spacial score (nSPS) is 13.4. The second kappa shape index (κ2) is 6.91. The van der Waals surface area contributed by atoms with E-state index in [4.69, 9.17) is 0 Å². The molecule has 84 valence electrons. The molecule has 0 aliphatic rings. The lowest BCUT2D eigenvalue weighted by Crippen LogP contribution is -2.11. The van der Waals surface area contributed by atoms with Gasteiger partial charge in [-0.05, 0) is 19.3 Å². The maximum Gasteiger partial charge on any atom is 0.412 e. The summed E-state index contributed by atoms with van der Waals surface area (Å²) >= 11 is 0. The first-order valence-electron chi connectivity index (χ1n) is 5.28. The van der Waals surface area contributed by atoms with Gasteiger partial charge in [0.25, 0.3) is 0 Å². The molecule has 0 saturated heterocycles. The summed E-state index contributed by atoms with van der Waals surface area (Å²) < 4.78 is 37.2. The number of unbranched alkanes of at least 4 members (excludes halogenated alkanes) is 3. The number of hydrogen-bond acceptors (Lipinski definition) is 0. The standard InChI is InChI=1S/C11H19F3/c1-3-5-7-9-10(8-6-4-2)11(12,13)14/h9H,3-8H2,1-2H3/b10-9+. The highest BCUT2D eigenvalue weighted by molar-refractivity contribution is 5.08. The van der Waals surface area contributed by atoms with Gasteiger partial charge in [-0.1, -0.05) is 39.2 Å². The highest BCUT2D eigenvalue weighted by atomic mass is 19.4. The predicted molar refractivity (Wildman–Crippen MR) is 53.2 cm³/mol. The molecule has 14 heavy (non-hydrogen) atoms. The summed E-state index contributed by atoms with van der Waals surface area (Å²) in [6.07, 6.45) is 1.17. The van der Waals surface area contributed by atoms with E-state index in [1.807, 2.05) is 13.8 Å². The van der Waals surface area contributed by atoms with Crippen LogP contribution in [0.2, 0.25) is 0 Å². The number of hydrogen-bond donors (Lipinski definition) is 0. The Morgan fingerprint density at radius 2 is 1.64 bits per heavy atom. The van der Waals surface area contributed by atoms with Crippen LogP contribution in [0, 0.1) is 0 Å². The van der Waals surface area contributed by atoms with Gasteiger partial charge in [0, 0.05) is 5.57 Å². The van der Waals surface area contributed by atoms with Crippen LogP contribution in [-0.4, -0.2) is 6.18 Å². The average molecular weight is 208 g/mol. The molecule has 0 aliphatic carbocycles. The minimum Gasteiger partial charge on any atom is -0.166 e. The predicted octanol–water partition coefficient (Wildman–Crippen LogP) is 4.86. The third kappa shape index (κ3) is 6.06. The zero-order valence-electron chi connectivity index (χ0n) is 8.95. The second-order valence-electron chi connectivity index (χ2n) is 3.47. The quantitative estimate of drug-likeness (QED) is 0.432. The van der Waals surface area contributed by atoms with E-state index in [-0.39, 0.29) is 12.0 Å². The molecular formula is C11H19F3. The van der Waals surface area contributed by atoms with E-state index in [0.717, 1.165) is 19.3 Å². The Morgan fingerprint density at radius 3 is 2.07 bits per heavy atom. The van der Waals surface area contributed by atoms with Crippen molar-refractivity contribution in [3.8, 4) is 0 Å². The SMILES string of the molecule is CCCC/C=C(\CCCC)C(F)(F)F. The second-order valence-corrected chi connectivity index (χ2v) is 3.47. The number of rotatable bonds is 6. The zero-order chi connectivity index (χ0) is 11.0. The number of alkyl halides is 3. The molecule has 0 aliphatic heterocycles. The van der Waals surface area contributed by atoms with Crippen LogP contribution in [0.1, 0.15) is 52.4 Å². The van der Waals surface area contributed by atoms with Gasteiger partial charge in [0.1, 0.15) is 0 Å². The molecule has 0 rings (SSSR count). The zero-order valence-corrected chi connectivity index (χ0v) is 8.95. The molecule has 0 N–H and O–H groups in total. The monoisotopic (exact) mass is 208 g/mol. The largest absolute Gasteiger partial charge is 0.412 e. The first-order valence-corrected chi connectivity index (χ1v) is 5.28. The molecule has 0 bridgehead atoms. The molecule has 0 heterocycles. The van der Waals surface area contributed by atoms with E-state index in [1.54, 1.807) is 0 Å². The Labute approximate surface area is 84.2 Å². The van der Waals surface area contributed by atoms with Crippen molar-refractivity contribution in [3.05, 3.63) is 11.6 Å². The molecular weight excluding hydrogens is 189 g/mol. The van der Waals surface area contributed by atoms with Crippen LogP contribution in [0.15, 0.2) is 11.6 Å². The fourth-order valence-corrected chi connectivity index (χ4v) is 1.21. The van der Waals surface area contributed by atoms with Crippen molar-refractivity contribution >= 4 is 0 Å². The van der Waals surface area contributed by atoms with Crippen LogP contribution >= 0.6 is 0 Å². The molecule has 0 radical (unpaired) electrons. The fraction of sp³-hybridized carbons (Fsp3) is 0.818. The Morgan fingerprint density at radius 1 is 1.07 bits per heavy atom. The van der Waals surface area contributed by atoms with Gasteiger partial charge in [0.2, 0.25) is 0 Å². The van der Waals surface area contributed by atoms with Gasteiger partial charge < -0.3 is 0 Å². The van der Waals surface area contributed by atoms with E-state index in [9.17, 15) is 13.2 Å². The van der Waals surface area contributed by atoms with Crippen LogP contribution in [0.3, 0.4) is 0 Å². The maximum absolute atomic E-state index is 12.4. The Hall–Kier alpha value is -0.470. The summed E-state index contributed by atoms with van der Waals surface area (Å²) in [7, 11) is 0. The van der Waals surface area contributed by atoms with Crippen molar-refractivity contribution in [2.24, 2.45) is 0 Å². The summed E-state index contributed by atoms with van der Waals surface area (Å²) in [5.74, 6) is 0. The third-order valence-corrected chi connectivity index (χ3v) is 2.11. The fourth-order valence-electron chi connectivity index (χ4n) is 1.21. The van der Waals surface area contributed by atoms with Crippen molar-refractivity contribution < 1.29 is 13.2 Å². The van der Waals surface area contributed by atoms with Gasteiger partial charge in [-0.2, -0.15) is 13.2 Å². The van der Waals surface area contributed by atoms with Crippen molar-refractivity contribution in [2.75, 3.05) is 0 Å². The smallest absolute Gasteiger partial charge is 0.166 e. The Kier molecular flexibility index (Phi) is 6.67. The van der Waals surface area contributed by atoms with E-state index < -0.39 is 6.18 Å². The molecule has 0 fully saturated rings. The maximum atomic E-state index is 12.4. The van der Waals surface area contributed by atoms with Crippen LogP contribution < -0.4 is 0 Å². The molecule has 0 aromatic carbocycles. The Bertz CT molecular complexity index is 168. The molecule has 3 heteroatoms. The molecule has 0 saturated carbocycles. The van der Waals surface area contributed by atoms with Crippen molar-refractivity contribution in [1.29, 1.82) is 0 Å². The minimum absolute atomic E-state index is 0.170. The van der Waals surface area contributed by atoms with E-state index in [2.05, 4.69) is 0 Å². The van der Waals surface area contributed by atoms with E-state index in [1.165, 1.54) is 6.08 Å². The van der Waals surface area contributed by atoms with Gasteiger partial charge in [0.15, 0.2) is 0 Å². The molecule has 0 nitrogen and oxygen atoms in total. The summed E-state index contributed by atoms with van der Waals surface area (Å²) in [5, 5.41) is 0.